The second kappa shape index (κ2) is 12.7. The number of halogens is 3. The van der Waals surface area contributed by atoms with Crippen molar-refractivity contribution in [3.8, 4) is 0 Å². The highest BCUT2D eigenvalue weighted by Gasteiger charge is 2.13. The summed E-state index contributed by atoms with van der Waals surface area (Å²) in [5, 5.41) is 2.98. The summed E-state index contributed by atoms with van der Waals surface area (Å²) in [4.78, 5) is 16.5. The molecule has 0 radical (unpaired) electrons. The molecule has 0 aliphatic carbocycles. The molecule has 23 heavy (non-hydrogen) atoms. The Labute approximate surface area is 157 Å². The number of amides is 1. The average molecular weight is 386 g/mol. The highest BCUT2D eigenvalue weighted by molar-refractivity contribution is 5.86. The zero-order valence-corrected chi connectivity index (χ0v) is 15.8. The lowest BCUT2D eigenvalue weighted by molar-refractivity contribution is -0.120. The molecular formula is C15H27Cl3N4O. The van der Waals surface area contributed by atoms with Crippen LogP contribution < -0.4 is 11.1 Å². The summed E-state index contributed by atoms with van der Waals surface area (Å²) < 4.78 is 0. The van der Waals surface area contributed by atoms with Crippen LogP contribution in [0.2, 0.25) is 0 Å². The van der Waals surface area contributed by atoms with Gasteiger partial charge in [0.15, 0.2) is 0 Å². The molecule has 0 unspecified atom stereocenters. The second-order valence-electron chi connectivity index (χ2n) is 5.41. The molecule has 0 aromatic heterocycles. The van der Waals surface area contributed by atoms with Crippen molar-refractivity contribution in [2.75, 3.05) is 52.0 Å². The highest BCUT2D eigenvalue weighted by atomic mass is 35.5. The van der Waals surface area contributed by atoms with Gasteiger partial charge in [0.2, 0.25) is 5.91 Å². The molecule has 8 heteroatoms. The Kier molecular flexibility index (Phi) is 13.5. The van der Waals surface area contributed by atoms with E-state index in [-0.39, 0.29) is 43.1 Å². The molecule has 1 aromatic rings. The molecule has 0 saturated carbocycles. The normalized spacial score (nSPS) is 14.8. The maximum Gasteiger partial charge on any atom is 0.224 e. The van der Waals surface area contributed by atoms with Gasteiger partial charge in [0.05, 0.1) is 6.42 Å². The lowest BCUT2D eigenvalue weighted by Gasteiger charge is -2.32. The molecule has 5 nitrogen and oxygen atoms in total. The Morgan fingerprint density at radius 2 is 1.65 bits per heavy atom. The van der Waals surface area contributed by atoms with Crippen molar-refractivity contribution in [2.45, 2.75) is 6.42 Å². The van der Waals surface area contributed by atoms with Gasteiger partial charge in [0, 0.05) is 45.0 Å². The van der Waals surface area contributed by atoms with E-state index in [1.807, 2.05) is 24.3 Å². The number of nitrogens with one attached hydrogen (secondary N) is 1. The Bertz CT molecular complexity index is 437. The lowest BCUT2D eigenvalue weighted by Crippen LogP contribution is -2.47. The molecule has 134 valence electrons. The van der Waals surface area contributed by atoms with Crippen molar-refractivity contribution < 1.29 is 4.79 Å². The highest BCUT2D eigenvalue weighted by Crippen LogP contribution is 2.05. The third-order valence-electron chi connectivity index (χ3n) is 3.69. The van der Waals surface area contributed by atoms with Crippen LogP contribution in [0.1, 0.15) is 5.56 Å². The first-order chi connectivity index (χ1) is 9.63. The molecule has 3 N–H and O–H groups in total. The molecular weight excluding hydrogens is 359 g/mol. The summed E-state index contributed by atoms with van der Waals surface area (Å²) in [6, 6.07) is 7.45. The number of piperazine rings is 1. The van der Waals surface area contributed by atoms with E-state index in [0.29, 0.717) is 6.42 Å². The molecule has 1 fully saturated rings. The number of carbonyl (C=O) groups is 1. The van der Waals surface area contributed by atoms with Crippen LogP contribution in [0.4, 0.5) is 5.69 Å². The Hall–Kier alpha value is -0.720. The Balaban J connectivity index is 0. The van der Waals surface area contributed by atoms with E-state index in [0.717, 1.165) is 50.5 Å². The van der Waals surface area contributed by atoms with Crippen molar-refractivity contribution in [3.63, 3.8) is 0 Å². The van der Waals surface area contributed by atoms with E-state index >= 15 is 0 Å². The number of nitrogen functional groups attached to an aromatic ring is 1. The van der Waals surface area contributed by atoms with Gasteiger partial charge in [-0.25, -0.2) is 0 Å². The molecule has 0 bridgehead atoms. The van der Waals surface area contributed by atoms with Crippen LogP contribution in [0.5, 0.6) is 0 Å². The van der Waals surface area contributed by atoms with Gasteiger partial charge in [-0.15, -0.1) is 37.2 Å². The molecule has 1 aliphatic rings. The number of rotatable bonds is 5. The van der Waals surface area contributed by atoms with Crippen LogP contribution >= 0.6 is 37.2 Å². The molecule has 1 amide bonds. The summed E-state index contributed by atoms with van der Waals surface area (Å²) in [6.07, 6.45) is 0.420. The number of likely N-dealkylation sites (N-methyl/N-ethyl adjacent to an activating group) is 1. The van der Waals surface area contributed by atoms with Gasteiger partial charge in [-0.2, -0.15) is 0 Å². The fraction of sp³-hybridized carbons (Fsp3) is 0.533. The quantitative estimate of drug-likeness (QED) is 0.753. The van der Waals surface area contributed by atoms with Gasteiger partial charge in [0.25, 0.3) is 0 Å². The van der Waals surface area contributed by atoms with Crippen LogP contribution in [-0.4, -0.2) is 62.0 Å². The Morgan fingerprint density at radius 1 is 1.09 bits per heavy atom. The lowest BCUT2D eigenvalue weighted by atomic mass is 10.1. The molecule has 1 aliphatic heterocycles. The van der Waals surface area contributed by atoms with E-state index < -0.39 is 0 Å². The van der Waals surface area contributed by atoms with Gasteiger partial charge in [-0.3, -0.25) is 9.69 Å². The van der Waals surface area contributed by atoms with E-state index in [4.69, 9.17) is 5.73 Å². The average Bonchev–Trinajstić information content (AvgIpc) is 2.44. The van der Waals surface area contributed by atoms with Crippen molar-refractivity contribution in [1.29, 1.82) is 0 Å². The largest absolute Gasteiger partial charge is 0.399 e. The zero-order chi connectivity index (χ0) is 14.4. The minimum absolute atomic E-state index is 0. The van der Waals surface area contributed by atoms with E-state index in [1.54, 1.807) is 0 Å². The predicted octanol–water partition coefficient (Wildman–Crippen LogP) is 1.44. The summed E-state index contributed by atoms with van der Waals surface area (Å²) in [6.45, 7) is 6.05. The minimum atomic E-state index is 0. The number of benzene rings is 1. The maximum atomic E-state index is 11.8. The van der Waals surface area contributed by atoms with Crippen LogP contribution in [-0.2, 0) is 11.2 Å². The third-order valence-corrected chi connectivity index (χ3v) is 3.69. The first-order valence-electron chi connectivity index (χ1n) is 7.15. The maximum absolute atomic E-state index is 11.8. The van der Waals surface area contributed by atoms with Crippen molar-refractivity contribution >= 4 is 48.8 Å². The van der Waals surface area contributed by atoms with Crippen LogP contribution in [0.25, 0.3) is 0 Å². The van der Waals surface area contributed by atoms with E-state index in [2.05, 4.69) is 22.2 Å². The molecule has 0 atom stereocenters. The van der Waals surface area contributed by atoms with Crippen LogP contribution in [0.3, 0.4) is 0 Å². The summed E-state index contributed by atoms with van der Waals surface area (Å²) in [5.74, 6) is 0.0731. The summed E-state index contributed by atoms with van der Waals surface area (Å²) in [7, 11) is 2.14. The fourth-order valence-electron chi connectivity index (χ4n) is 2.31. The number of nitrogens with zero attached hydrogens (tertiary/aromatic N) is 2. The number of carbonyl (C=O) groups excluding carboxylic acids is 1. The smallest absolute Gasteiger partial charge is 0.224 e. The van der Waals surface area contributed by atoms with Crippen molar-refractivity contribution in [2.24, 2.45) is 0 Å². The van der Waals surface area contributed by atoms with Crippen LogP contribution in [0.15, 0.2) is 24.3 Å². The van der Waals surface area contributed by atoms with Gasteiger partial charge >= 0.3 is 0 Å². The van der Waals surface area contributed by atoms with E-state index in [9.17, 15) is 4.79 Å². The third kappa shape index (κ3) is 9.23. The van der Waals surface area contributed by atoms with Gasteiger partial charge in [0.1, 0.15) is 0 Å². The van der Waals surface area contributed by atoms with Crippen molar-refractivity contribution in [3.05, 3.63) is 29.8 Å². The zero-order valence-electron chi connectivity index (χ0n) is 13.4. The SMILES string of the molecule is CN1CCN(CCNC(=O)Cc2ccc(N)cc2)CC1.Cl.Cl.Cl. The number of hydrogen-bond acceptors (Lipinski definition) is 4. The summed E-state index contributed by atoms with van der Waals surface area (Å²) in [5.41, 5.74) is 7.34. The molecule has 1 saturated heterocycles. The standard InChI is InChI=1S/C15H24N4O.3ClH/c1-18-8-10-19(11-9-18)7-6-17-15(20)12-13-2-4-14(16)5-3-13;;;/h2-5H,6-12,16H2,1H3,(H,17,20);3*1H. The summed E-state index contributed by atoms with van der Waals surface area (Å²) >= 11 is 0. The molecule has 1 heterocycles. The predicted molar refractivity (Wildman–Crippen MR) is 103 cm³/mol. The first-order valence-corrected chi connectivity index (χ1v) is 7.15. The second-order valence-corrected chi connectivity index (χ2v) is 5.41. The van der Waals surface area contributed by atoms with Gasteiger partial charge in [-0.05, 0) is 24.7 Å². The van der Waals surface area contributed by atoms with Gasteiger partial charge < -0.3 is 16.0 Å². The number of hydrogen-bond donors (Lipinski definition) is 2. The molecule has 1 aromatic carbocycles. The van der Waals surface area contributed by atoms with Gasteiger partial charge in [-0.1, -0.05) is 12.1 Å². The Morgan fingerprint density at radius 3 is 2.22 bits per heavy atom. The monoisotopic (exact) mass is 384 g/mol. The molecule has 2 rings (SSSR count). The first kappa shape index (κ1) is 24.5. The molecule has 0 spiro atoms. The fourth-order valence-corrected chi connectivity index (χ4v) is 2.31. The van der Waals surface area contributed by atoms with Crippen LogP contribution in [0, 0.1) is 0 Å². The topological polar surface area (TPSA) is 61.6 Å². The number of anilines is 1. The van der Waals surface area contributed by atoms with Crippen molar-refractivity contribution in [1.82, 2.24) is 15.1 Å². The minimum Gasteiger partial charge on any atom is -0.399 e. The van der Waals surface area contributed by atoms with E-state index in [1.165, 1.54) is 0 Å². The number of nitrogens with two attached hydrogens (primary N) is 1.